The van der Waals surface area contributed by atoms with Crippen LogP contribution in [0.2, 0.25) is 5.02 Å². The summed E-state index contributed by atoms with van der Waals surface area (Å²) in [6.45, 7) is 2.43. The fraction of sp³-hybridized carbons (Fsp3) is 0.300. The molecule has 0 aliphatic heterocycles. The van der Waals surface area contributed by atoms with Gasteiger partial charge in [-0.25, -0.2) is 0 Å². The first kappa shape index (κ1) is 11.0. The zero-order chi connectivity index (χ0) is 10.6. The number of likely N-dealkylation sites (N-methyl/N-ethyl adjacent to an activating group) is 1. The molecule has 14 heavy (non-hydrogen) atoms. The lowest BCUT2D eigenvalue weighted by Crippen LogP contribution is -2.33. The van der Waals surface area contributed by atoms with Crippen LogP contribution < -0.4 is 11.1 Å². The van der Waals surface area contributed by atoms with E-state index in [1.165, 1.54) is 0 Å². The summed E-state index contributed by atoms with van der Waals surface area (Å²) in [5.74, 6) is -0.185. The van der Waals surface area contributed by atoms with Gasteiger partial charge >= 0.3 is 0 Å². The minimum absolute atomic E-state index is 0.185. The predicted molar refractivity (Wildman–Crippen MR) is 57.1 cm³/mol. The van der Waals surface area contributed by atoms with Crippen LogP contribution in [0, 0.1) is 0 Å². The molecule has 3 N–H and O–H groups in total. The smallest absolute Gasteiger partial charge is 0.241 e. The average molecular weight is 213 g/mol. The lowest BCUT2D eigenvalue weighted by Gasteiger charge is -2.11. The fourth-order valence-corrected chi connectivity index (χ4v) is 1.33. The third-order valence-corrected chi connectivity index (χ3v) is 2.08. The van der Waals surface area contributed by atoms with Gasteiger partial charge in [-0.1, -0.05) is 23.7 Å². The van der Waals surface area contributed by atoms with Crippen LogP contribution in [0.4, 0.5) is 0 Å². The van der Waals surface area contributed by atoms with Gasteiger partial charge in [-0.15, -0.1) is 0 Å². The molecule has 1 atom stereocenters. The summed E-state index contributed by atoms with van der Waals surface area (Å²) in [7, 11) is 0. The first-order chi connectivity index (χ1) is 6.65. The molecule has 0 spiro atoms. The molecule has 0 saturated heterocycles. The Kier molecular flexibility index (Phi) is 3.92. The molecule has 1 aromatic rings. The molecule has 0 heterocycles. The summed E-state index contributed by atoms with van der Waals surface area (Å²) in [4.78, 5) is 11.4. The molecule has 1 aromatic carbocycles. The van der Waals surface area contributed by atoms with Gasteiger partial charge in [0.25, 0.3) is 0 Å². The number of nitrogens with one attached hydrogen (secondary N) is 1. The summed E-state index contributed by atoms with van der Waals surface area (Å²) in [5, 5.41) is 3.24. The Morgan fingerprint density at radius 2 is 2.36 bits per heavy atom. The van der Waals surface area contributed by atoms with E-state index in [0.29, 0.717) is 11.6 Å². The first-order valence-corrected chi connectivity index (χ1v) is 4.81. The van der Waals surface area contributed by atoms with E-state index in [4.69, 9.17) is 17.3 Å². The third-order valence-electron chi connectivity index (χ3n) is 1.84. The van der Waals surface area contributed by atoms with E-state index in [1.54, 1.807) is 24.3 Å². The molecule has 1 rings (SSSR count). The normalized spacial score (nSPS) is 12.2. The highest BCUT2D eigenvalue weighted by atomic mass is 35.5. The maximum atomic E-state index is 11.4. The topological polar surface area (TPSA) is 55.1 Å². The number of carbonyl (C=O) groups excluding carboxylic acids is 1. The van der Waals surface area contributed by atoms with Crippen molar-refractivity contribution in [3.63, 3.8) is 0 Å². The Bertz CT molecular complexity index is 328. The second kappa shape index (κ2) is 4.98. The molecule has 0 fully saturated rings. The van der Waals surface area contributed by atoms with Gasteiger partial charge in [0, 0.05) is 11.6 Å². The van der Waals surface area contributed by atoms with Gasteiger partial charge in [0.15, 0.2) is 0 Å². The quantitative estimate of drug-likeness (QED) is 0.798. The molecule has 0 aromatic heterocycles. The largest absolute Gasteiger partial charge is 0.355 e. The van der Waals surface area contributed by atoms with Crippen LogP contribution in [0.3, 0.4) is 0 Å². The molecular formula is C10H13ClN2O. The van der Waals surface area contributed by atoms with E-state index in [9.17, 15) is 4.79 Å². The molecule has 0 saturated carbocycles. The van der Waals surface area contributed by atoms with Crippen LogP contribution in [0.5, 0.6) is 0 Å². The standard InChI is InChI=1S/C10H13ClN2O/c1-2-13-10(14)9(12)7-4-3-5-8(11)6-7/h3-6,9H,2,12H2,1H3,(H,13,14). The van der Waals surface area contributed by atoms with Gasteiger partial charge in [0.05, 0.1) is 0 Å². The maximum Gasteiger partial charge on any atom is 0.241 e. The summed E-state index contributed by atoms with van der Waals surface area (Å²) in [6.07, 6.45) is 0. The summed E-state index contributed by atoms with van der Waals surface area (Å²) >= 11 is 5.78. The molecule has 0 aliphatic rings. The Morgan fingerprint density at radius 1 is 1.64 bits per heavy atom. The van der Waals surface area contributed by atoms with Crippen LogP contribution in [0.15, 0.2) is 24.3 Å². The van der Waals surface area contributed by atoms with E-state index < -0.39 is 6.04 Å². The van der Waals surface area contributed by atoms with Crippen molar-refractivity contribution in [1.29, 1.82) is 0 Å². The van der Waals surface area contributed by atoms with Crippen molar-refractivity contribution in [2.24, 2.45) is 5.73 Å². The van der Waals surface area contributed by atoms with Gasteiger partial charge < -0.3 is 11.1 Å². The van der Waals surface area contributed by atoms with Crippen molar-refractivity contribution in [1.82, 2.24) is 5.32 Å². The number of rotatable bonds is 3. The number of carbonyl (C=O) groups is 1. The van der Waals surface area contributed by atoms with Gasteiger partial charge in [0.1, 0.15) is 6.04 Å². The average Bonchev–Trinajstić information content (AvgIpc) is 2.17. The minimum Gasteiger partial charge on any atom is -0.355 e. The molecule has 1 amide bonds. The van der Waals surface area contributed by atoms with Crippen molar-refractivity contribution in [2.45, 2.75) is 13.0 Å². The van der Waals surface area contributed by atoms with E-state index in [0.717, 1.165) is 5.56 Å². The van der Waals surface area contributed by atoms with Crippen LogP contribution in [-0.2, 0) is 4.79 Å². The monoisotopic (exact) mass is 212 g/mol. The lowest BCUT2D eigenvalue weighted by atomic mass is 10.1. The highest BCUT2D eigenvalue weighted by Gasteiger charge is 2.14. The molecule has 0 bridgehead atoms. The van der Waals surface area contributed by atoms with Crippen molar-refractivity contribution in [2.75, 3.05) is 6.54 Å². The molecular weight excluding hydrogens is 200 g/mol. The van der Waals surface area contributed by atoms with Crippen LogP contribution in [0.1, 0.15) is 18.5 Å². The molecule has 4 heteroatoms. The van der Waals surface area contributed by atoms with Crippen molar-refractivity contribution in [3.05, 3.63) is 34.9 Å². The number of benzene rings is 1. The second-order valence-electron chi connectivity index (χ2n) is 2.93. The van der Waals surface area contributed by atoms with Crippen LogP contribution in [-0.4, -0.2) is 12.5 Å². The summed E-state index contributed by atoms with van der Waals surface area (Å²) in [5.41, 5.74) is 6.45. The highest BCUT2D eigenvalue weighted by molar-refractivity contribution is 6.30. The van der Waals surface area contributed by atoms with E-state index in [1.807, 2.05) is 6.92 Å². The van der Waals surface area contributed by atoms with Gasteiger partial charge in [-0.3, -0.25) is 4.79 Å². The Hall–Kier alpha value is -1.06. The molecule has 0 radical (unpaired) electrons. The highest BCUT2D eigenvalue weighted by Crippen LogP contribution is 2.15. The molecule has 0 aliphatic carbocycles. The third kappa shape index (κ3) is 2.72. The summed E-state index contributed by atoms with van der Waals surface area (Å²) < 4.78 is 0. The molecule has 76 valence electrons. The van der Waals surface area contributed by atoms with Crippen LogP contribution >= 0.6 is 11.6 Å². The van der Waals surface area contributed by atoms with E-state index in [2.05, 4.69) is 5.32 Å². The Morgan fingerprint density at radius 3 is 2.93 bits per heavy atom. The number of halogens is 1. The van der Waals surface area contributed by atoms with E-state index in [-0.39, 0.29) is 5.91 Å². The number of hydrogen-bond acceptors (Lipinski definition) is 2. The van der Waals surface area contributed by atoms with Crippen molar-refractivity contribution < 1.29 is 4.79 Å². The van der Waals surface area contributed by atoms with Crippen molar-refractivity contribution >= 4 is 17.5 Å². The van der Waals surface area contributed by atoms with E-state index >= 15 is 0 Å². The fourth-order valence-electron chi connectivity index (χ4n) is 1.14. The summed E-state index contributed by atoms with van der Waals surface area (Å²) in [6, 6.07) is 6.35. The zero-order valence-electron chi connectivity index (χ0n) is 7.96. The number of nitrogens with two attached hydrogens (primary N) is 1. The number of amides is 1. The Labute approximate surface area is 88.2 Å². The van der Waals surface area contributed by atoms with Gasteiger partial charge in [-0.2, -0.15) is 0 Å². The van der Waals surface area contributed by atoms with Gasteiger partial charge in [-0.05, 0) is 24.6 Å². The first-order valence-electron chi connectivity index (χ1n) is 4.44. The maximum absolute atomic E-state index is 11.4. The predicted octanol–water partition coefficient (Wildman–Crippen LogP) is 1.48. The SMILES string of the molecule is CCNC(=O)C(N)c1cccc(Cl)c1. The molecule has 3 nitrogen and oxygen atoms in total. The molecule has 1 unspecified atom stereocenters. The zero-order valence-corrected chi connectivity index (χ0v) is 8.71. The minimum atomic E-state index is -0.645. The van der Waals surface area contributed by atoms with Crippen LogP contribution in [0.25, 0.3) is 0 Å². The van der Waals surface area contributed by atoms with Gasteiger partial charge in [0.2, 0.25) is 5.91 Å². The van der Waals surface area contributed by atoms with Crippen molar-refractivity contribution in [3.8, 4) is 0 Å². The lowest BCUT2D eigenvalue weighted by molar-refractivity contribution is -0.122. The second-order valence-corrected chi connectivity index (χ2v) is 3.36. The Balaban J connectivity index is 2.78. The number of hydrogen-bond donors (Lipinski definition) is 2.